The Kier molecular flexibility index (Phi) is 4.66. The molecule has 0 amide bonds. The first-order valence-corrected chi connectivity index (χ1v) is 8.98. The minimum Gasteiger partial charge on any atom is -0.487 e. The van der Waals surface area contributed by atoms with Crippen molar-refractivity contribution >= 4 is 28.1 Å². The van der Waals surface area contributed by atoms with E-state index in [0.717, 1.165) is 18.4 Å². The molecule has 3 rings (SSSR count). The number of nitrogens with two attached hydrogens (primary N) is 1. The summed E-state index contributed by atoms with van der Waals surface area (Å²) in [7, 11) is -3.27. The van der Waals surface area contributed by atoms with Crippen molar-refractivity contribution in [1.29, 1.82) is 0 Å². The molecule has 0 saturated heterocycles. The second-order valence-electron chi connectivity index (χ2n) is 6.76. The molecule has 1 fully saturated rings. The zero-order valence-electron chi connectivity index (χ0n) is 12.8. The lowest BCUT2D eigenvalue weighted by molar-refractivity contribution is 0.0702. The number of halogens is 1. The van der Waals surface area contributed by atoms with E-state index in [1.54, 1.807) is 12.1 Å². The number of hydrogen-bond acceptors (Lipinski definition) is 4. The lowest BCUT2D eigenvalue weighted by Gasteiger charge is -2.37. The quantitative estimate of drug-likeness (QED) is 0.821. The molecule has 1 aliphatic carbocycles. The fraction of sp³-hybridized carbons (Fsp3) is 0.600. The summed E-state index contributed by atoms with van der Waals surface area (Å²) in [5.74, 6) is 1.26. The Balaban J connectivity index is 0.00000176. The number of benzene rings is 1. The maximum absolute atomic E-state index is 12.3. The van der Waals surface area contributed by atoms with Gasteiger partial charge in [-0.15, -0.1) is 12.4 Å². The monoisotopic (exact) mass is 346 g/mol. The van der Waals surface area contributed by atoms with Crippen LogP contribution in [-0.4, -0.2) is 19.8 Å². The average molecular weight is 347 g/mol. The molecule has 1 heterocycles. The maximum atomic E-state index is 12.3. The van der Waals surface area contributed by atoms with Gasteiger partial charge in [0, 0.05) is 17.7 Å². The largest absolute Gasteiger partial charge is 0.487 e. The second kappa shape index (κ2) is 5.91. The van der Waals surface area contributed by atoms with Crippen molar-refractivity contribution in [3.05, 3.63) is 23.8 Å². The molecule has 1 aromatic carbocycles. The van der Waals surface area contributed by atoms with Gasteiger partial charge >= 0.3 is 0 Å². The number of sulfonamides is 1. The molecule has 2 aliphatic rings. The average Bonchev–Trinajstić information content (AvgIpc) is 3.11. The van der Waals surface area contributed by atoms with Crippen molar-refractivity contribution in [3.63, 3.8) is 0 Å². The standard InChI is InChI=1S/C15H22N2O3S.ClH/c1-15(2)8-13(17-21(18,19)9-10-3-4-10)12-7-11(16)5-6-14(12)20-15;/h5-7,10,13,17H,3-4,8-9,16H2,1-2H3;1H. The Morgan fingerprint density at radius 3 is 2.68 bits per heavy atom. The fourth-order valence-electron chi connectivity index (χ4n) is 2.84. The molecule has 1 aromatic rings. The molecular formula is C15H23ClN2O3S. The summed E-state index contributed by atoms with van der Waals surface area (Å²) in [6.45, 7) is 3.93. The minimum atomic E-state index is -3.27. The Bertz CT molecular complexity index is 657. The molecule has 3 N–H and O–H groups in total. The Morgan fingerprint density at radius 2 is 2.05 bits per heavy atom. The van der Waals surface area contributed by atoms with Gasteiger partial charge in [0.05, 0.1) is 11.8 Å². The molecule has 124 valence electrons. The van der Waals surface area contributed by atoms with Crippen LogP contribution in [0.4, 0.5) is 5.69 Å². The normalized spacial score (nSPS) is 23.1. The van der Waals surface area contributed by atoms with Gasteiger partial charge in [-0.3, -0.25) is 0 Å². The topological polar surface area (TPSA) is 81.4 Å². The second-order valence-corrected chi connectivity index (χ2v) is 8.56. The van der Waals surface area contributed by atoms with E-state index in [9.17, 15) is 8.42 Å². The van der Waals surface area contributed by atoms with E-state index in [0.29, 0.717) is 23.8 Å². The number of nitrogen functional groups attached to an aromatic ring is 1. The van der Waals surface area contributed by atoms with E-state index in [4.69, 9.17) is 10.5 Å². The number of rotatable bonds is 4. The zero-order chi connectivity index (χ0) is 15.3. The summed E-state index contributed by atoms with van der Waals surface area (Å²) in [6.07, 6.45) is 2.63. The Morgan fingerprint density at radius 1 is 1.36 bits per heavy atom. The van der Waals surface area contributed by atoms with Crippen molar-refractivity contribution in [2.24, 2.45) is 5.92 Å². The maximum Gasteiger partial charge on any atom is 0.212 e. The van der Waals surface area contributed by atoms with Crippen LogP contribution in [-0.2, 0) is 10.0 Å². The fourth-order valence-corrected chi connectivity index (χ4v) is 4.53. The van der Waals surface area contributed by atoms with Crippen molar-refractivity contribution in [1.82, 2.24) is 4.72 Å². The van der Waals surface area contributed by atoms with Crippen molar-refractivity contribution in [3.8, 4) is 5.75 Å². The van der Waals surface area contributed by atoms with E-state index in [1.807, 2.05) is 19.9 Å². The Hall–Kier alpha value is -0.980. The minimum absolute atomic E-state index is 0. The molecule has 0 radical (unpaired) electrons. The number of hydrogen-bond donors (Lipinski definition) is 2. The summed E-state index contributed by atoms with van der Waals surface area (Å²) in [4.78, 5) is 0. The van der Waals surface area contributed by atoms with Gasteiger partial charge in [-0.2, -0.15) is 0 Å². The molecule has 0 spiro atoms. The van der Waals surface area contributed by atoms with E-state index in [2.05, 4.69) is 4.72 Å². The van der Waals surface area contributed by atoms with Crippen LogP contribution >= 0.6 is 12.4 Å². The molecule has 7 heteroatoms. The first-order chi connectivity index (χ1) is 9.74. The summed E-state index contributed by atoms with van der Waals surface area (Å²) >= 11 is 0. The van der Waals surface area contributed by atoms with Crippen LogP contribution in [0.25, 0.3) is 0 Å². The van der Waals surface area contributed by atoms with Crippen LogP contribution in [0.3, 0.4) is 0 Å². The lowest BCUT2D eigenvalue weighted by atomic mass is 9.90. The number of nitrogens with one attached hydrogen (secondary N) is 1. The summed E-state index contributed by atoms with van der Waals surface area (Å²) in [5.41, 5.74) is 6.87. The smallest absolute Gasteiger partial charge is 0.212 e. The Labute approximate surface area is 138 Å². The lowest BCUT2D eigenvalue weighted by Crippen LogP contribution is -2.42. The van der Waals surface area contributed by atoms with Crippen LogP contribution in [0.1, 0.15) is 44.7 Å². The van der Waals surface area contributed by atoms with Crippen LogP contribution in [0.2, 0.25) is 0 Å². The summed E-state index contributed by atoms with van der Waals surface area (Å²) in [6, 6.07) is 5.11. The number of anilines is 1. The van der Waals surface area contributed by atoms with Crippen molar-refractivity contribution in [2.45, 2.75) is 44.8 Å². The highest BCUT2D eigenvalue weighted by atomic mass is 35.5. The predicted molar refractivity (Wildman–Crippen MR) is 89.8 cm³/mol. The van der Waals surface area contributed by atoms with Gasteiger partial charge < -0.3 is 10.5 Å². The predicted octanol–water partition coefficient (Wildman–Crippen LogP) is 2.62. The van der Waals surface area contributed by atoms with Gasteiger partial charge in [0.25, 0.3) is 0 Å². The van der Waals surface area contributed by atoms with Crippen LogP contribution < -0.4 is 15.2 Å². The third-order valence-corrected chi connectivity index (χ3v) is 5.52. The van der Waals surface area contributed by atoms with E-state index in [1.165, 1.54) is 0 Å². The molecule has 1 saturated carbocycles. The number of fused-ring (bicyclic) bond motifs is 1. The van der Waals surface area contributed by atoms with Crippen molar-refractivity contribution < 1.29 is 13.2 Å². The van der Waals surface area contributed by atoms with Gasteiger partial charge in [-0.05, 0) is 50.8 Å². The SMILES string of the molecule is CC1(C)CC(NS(=O)(=O)CC2CC2)c2cc(N)ccc2O1.Cl. The summed E-state index contributed by atoms with van der Waals surface area (Å²) in [5, 5.41) is 0. The molecule has 1 aliphatic heterocycles. The molecule has 0 aromatic heterocycles. The van der Waals surface area contributed by atoms with Gasteiger partial charge in [0.15, 0.2) is 0 Å². The molecule has 5 nitrogen and oxygen atoms in total. The molecule has 1 unspecified atom stereocenters. The third-order valence-electron chi connectivity index (χ3n) is 3.97. The van der Waals surface area contributed by atoms with Crippen LogP contribution in [0.15, 0.2) is 18.2 Å². The number of ether oxygens (including phenoxy) is 1. The highest BCUT2D eigenvalue weighted by molar-refractivity contribution is 7.89. The van der Waals surface area contributed by atoms with Crippen molar-refractivity contribution in [2.75, 3.05) is 11.5 Å². The molecule has 0 bridgehead atoms. The van der Waals surface area contributed by atoms with Crippen LogP contribution in [0.5, 0.6) is 5.75 Å². The zero-order valence-corrected chi connectivity index (χ0v) is 14.5. The summed E-state index contributed by atoms with van der Waals surface area (Å²) < 4.78 is 33.3. The van der Waals surface area contributed by atoms with E-state index >= 15 is 0 Å². The first kappa shape index (κ1) is 17.4. The first-order valence-electron chi connectivity index (χ1n) is 7.32. The van der Waals surface area contributed by atoms with Gasteiger partial charge in [0.1, 0.15) is 11.4 Å². The van der Waals surface area contributed by atoms with E-state index < -0.39 is 15.6 Å². The molecule has 22 heavy (non-hydrogen) atoms. The third kappa shape index (κ3) is 4.06. The van der Waals surface area contributed by atoms with E-state index in [-0.39, 0.29) is 24.2 Å². The van der Waals surface area contributed by atoms with Gasteiger partial charge in [-0.25, -0.2) is 13.1 Å². The van der Waals surface area contributed by atoms with Gasteiger partial charge in [0.2, 0.25) is 10.0 Å². The van der Waals surface area contributed by atoms with Gasteiger partial charge in [-0.1, -0.05) is 0 Å². The molecule has 1 atom stereocenters. The highest BCUT2D eigenvalue weighted by Crippen LogP contribution is 2.41. The van der Waals surface area contributed by atoms with Crippen LogP contribution in [0, 0.1) is 5.92 Å². The highest BCUT2D eigenvalue weighted by Gasteiger charge is 2.37. The molecular weight excluding hydrogens is 324 g/mol.